The molecule has 1 N–H and O–H groups in total. The van der Waals surface area contributed by atoms with E-state index in [0.717, 1.165) is 11.3 Å². The Morgan fingerprint density at radius 3 is 2.52 bits per heavy atom. The van der Waals surface area contributed by atoms with Crippen LogP contribution >= 0.6 is 11.6 Å². The summed E-state index contributed by atoms with van der Waals surface area (Å²) in [5.74, 6) is 0.253. The van der Waals surface area contributed by atoms with Crippen molar-refractivity contribution < 1.29 is 14.0 Å². The quantitative estimate of drug-likeness (QED) is 0.660. The van der Waals surface area contributed by atoms with Crippen LogP contribution in [0.2, 0.25) is 5.02 Å². The average Bonchev–Trinajstić information content (AvgIpc) is 3.19. The van der Waals surface area contributed by atoms with Crippen LogP contribution in [0.25, 0.3) is 11.5 Å². The van der Waals surface area contributed by atoms with E-state index in [1.807, 2.05) is 54.6 Å². The van der Waals surface area contributed by atoms with Gasteiger partial charge in [0.15, 0.2) is 5.69 Å². The van der Waals surface area contributed by atoms with Gasteiger partial charge >= 0.3 is 0 Å². The number of rotatable bonds is 5. The molecule has 2 aromatic carbocycles. The molecule has 2 heterocycles. The van der Waals surface area contributed by atoms with Crippen LogP contribution in [0.5, 0.6) is 0 Å². The highest BCUT2D eigenvalue weighted by atomic mass is 35.5. The van der Waals surface area contributed by atoms with Crippen molar-refractivity contribution in [3.8, 4) is 11.5 Å². The van der Waals surface area contributed by atoms with Crippen LogP contribution in [0.1, 0.15) is 16.2 Å². The maximum atomic E-state index is 12.6. The van der Waals surface area contributed by atoms with Crippen molar-refractivity contribution in [1.82, 2.24) is 15.2 Å². The lowest BCUT2D eigenvalue weighted by atomic mass is 10.2. The summed E-state index contributed by atoms with van der Waals surface area (Å²) in [6.45, 7) is 4.20. The highest BCUT2D eigenvalue weighted by Gasteiger charge is 2.23. The Labute approximate surface area is 185 Å². The maximum absolute atomic E-state index is 12.6. The van der Waals surface area contributed by atoms with Gasteiger partial charge in [0.25, 0.3) is 5.91 Å². The lowest BCUT2D eigenvalue weighted by molar-refractivity contribution is -0.130. The highest BCUT2D eigenvalue weighted by molar-refractivity contribution is 6.30. The molecule has 1 aromatic heterocycles. The Bertz CT molecular complexity index is 1080. The molecule has 0 saturated carbocycles. The molecule has 1 saturated heterocycles. The highest BCUT2D eigenvalue weighted by Crippen LogP contribution is 2.22. The van der Waals surface area contributed by atoms with Crippen LogP contribution in [0.3, 0.4) is 0 Å². The number of oxazole rings is 1. The van der Waals surface area contributed by atoms with E-state index in [9.17, 15) is 9.59 Å². The Morgan fingerprint density at radius 2 is 1.81 bits per heavy atom. The summed E-state index contributed by atoms with van der Waals surface area (Å²) >= 11 is 6.07. The predicted octanol–water partition coefficient (Wildman–Crippen LogP) is 3.38. The molecule has 2 amide bonds. The van der Waals surface area contributed by atoms with E-state index in [1.165, 1.54) is 0 Å². The monoisotopic (exact) mass is 438 g/mol. The van der Waals surface area contributed by atoms with Crippen molar-refractivity contribution in [2.75, 3.05) is 37.6 Å². The van der Waals surface area contributed by atoms with Gasteiger partial charge in [0.1, 0.15) is 5.76 Å². The van der Waals surface area contributed by atoms with Gasteiger partial charge in [-0.1, -0.05) is 35.9 Å². The SMILES string of the molecule is Cc1oc(-c2ccccc2)nc1C(=O)NCC(=O)N1CCN(c2cccc(Cl)c2)CC1. The predicted molar refractivity (Wildman–Crippen MR) is 119 cm³/mol. The topological polar surface area (TPSA) is 78.7 Å². The van der Waals surface area contributed by atoms with Gasteiger partial charge < -0.3 is 19.5 Å². The fourth-order valence-electron chi connectivity index (χ4n) is 3.55. The number of aromatic nitrogens is 1. The largest absolute Gasteiger partial charge is 0.441 e. The second-order valence-corrected chi connectivity index (χ2v) is 7.76. The zero-order chi connectivity index (χ0) is 21.8. The molecule has 7 nitrogen and oxygen atoms in total. The normalized spacial score (nSPS) is 13.9. The van der Waals surface area contributed by atoms with Crippen LogP contribution in [0, 0.1) is 6.92 Å². The van der Waals surface area contributed by atoms with Gasteiger partial charge in [-0.05, 0) is 37.3 Å². The molecule has 1 aliphatic rings. The first kappa shape index (κ1) is 20.9. The standard InChI is InChI=1S/C23H23ClN4O3/c1-16-21(26-23(31-16)17-6-3-2-4-7-17)22(30)25-15-20(29)28-12-10-27(11-13-28)19-9-5-8-18(24)14-19/h2-9,14H,10-13,15H2,1H3,(H,25,30). The van der Waals surface area contributed by atoms with Gasteiger partial charge in [-0.2, -0.15) is 0 Å². The first-order valence-electron chi connectivity index (χ1n) is 10.1. The molecule has 31 heavy (non-hydrogen) atoms. The minimum absolute atomic E-state index is 0.0804. The molecule has 4 rings (SSSR count). The minimum atomic E-state index is -0.422. The third-order valence-corrected chi connectivity index (χ3v) is 5.47. The van der Waals surface area contributed by atoms with Crippen molar-refractivity contribution >= 4 is 29.1 Å². The maximum Gasteiger partial charge on any atom is 0.273 e. The molecule has 0 aliphatic carbocycles. The summed E-state index contributed by atoms with van der Waals surface area (Å²) in [4.78, 5) is 33.4. The number of anilines is 1. The van der Waals surface area contributed by atoms with Crippen molar-refractivity contribution in [2.45, 2.75) is 6.92 Å². The van der Waals surface area contributed by atoms with Gasteiger partial charge in [-0.15, -0.1) is 0 Å². The number of halogens is 1. The van der Waals surface area contributed by atoms with Crippen molar-refractivity contribution in [1.29, 1.82) is 0 Å². The fraction of sp³-hybridized carbons (Fsp3) is 0.261. The molecule has 0 spiro atoms. The molecule has 0 atom stereocenters. The molecule has 8 heteroatoms. The number of benzene rings is 2. The smallest absolute Gasteiger partial charge is 0.273 e. The minimum Gasteiger partial charge on any atom is -0.441 e. The van der Waals surface area contributed by atoms with Crippen molar-refractivity contribution in [3.63, 3.8) is 0 Å². The summed E-state index contributed by atoms with van der Waals surface area (Å²) in [6.07, 6.45) is 0. The number of hydrogen-bond acceptors (Lipinski definition) is 5. The summed E-state index contributed by atoms with van der Waals surface area (Å²) in [7, 11) is 0. The van der Waals surface area contributed by atoms with Gasteiger partial charge in [0, 0.05) is 42.5 Å². The van der Waals surface area contributed by atoms with Crippen LogP contribution in [0.4, 0.5) is 5.69 Å². The second kappa shape index (κ2) is 9.22. The van der Waals surface area contributed by atoms with Gasteiger partial charge in [-0.3, -0.25) is 9.59 Å². The number of carbonyl (C=O) groups is 2. The van der Waals surface area contributed by atoms with E-state index in [1.54, 1.807) is 11.8 Å². The number of carbonyl (C=O) groups excluding carboxylic acids is 2. The molecular weight excluding hydrogens is 416 g/mol. The zero-order valence-electron chi connectivity index (χ0n) is 17.2. The number of amides is 2. The lowest BCUT2D eigenvalue weighted by Crippen LogP contribution is -2.51. The molecule has 1 fully saturated rings. The van der Waals surface area contributed by atoms with E-state index >= 15 is 0 Å². The van der Waals surface area contributed by atoms with E-state index in [2.05, 4.69) is 15.2 Å². The number of piperazine rings is 1. The summed E-state index contributed by atoms with van der Waals surface area (Å²) in [5, 5.41) is 3.36. The van der Waals surface area contributed by atoms with Crippen LogP contribution < -0.4 is 10.2 Å². The fourth-order valence-corrected chi connectivity index (χ4v) is 3.73. The third kappa shape index (κ3) is 4.88. The summed E-state index contributed by atoms with van der Waals surface area (Å²) in [6, 6.07) is 17.1. The first-order valence-corrected chi connectivity index (χ1v) is 10.5. The van der Waals surface area contributed by atoms with Gasteiger partial charge in [-0.25, -0.2) is 4.98 Å². The Kier molecular flexibility index (Phi) is 6.23. The number of hydrogen-bond donors (Lipinski definition) is 1. The Hall–Kier alpha value is -3.32. The summed E-state index contributed by atoms with van der Waals surface area (Å²) in [5.41, 5.74) is 2.03. The molecule has 0 bridgehead atoms. The van der Waals surface area contributed by atoms with E-state index in [0.29, 0.717) is 42.9 Å². The molecule has 160 valence electrons. The Morgan fingerprint density at radius 1 is 1.06 bits per heavy atom. The van der Waals surface area contributed by atoms with Crippen molar-refractivity contribution in [2.24, 2.45) is 0 Å². The molecule has 0 unspecified atom stereocenters. The average molecular weight is 439 g/mol. The van der Waals surface area contributed by atoms with E-state index in [-0.39, 0.29) is 18.1 Å². The number of nitrogens with one attached hydrogen (secondary N) is 1. The van der Waals surface area contributed by atoms with E-state index in [4.69, 9.17) is 16.0 Å². The van der Waals surface area contributed by atoms with Crippen molar-refractivity contribution in [3.05, 3.63) is 71.1 Å². The Balaban J connectivity index is 1.30. The molecular formula is C23H23ClN4O3. The van der Waals surface area contributed by atoms with Crippen LogP contribution in [-0.4, -0.2) is 54.4 Å². The van der Waals surface area contributed by atoms with E-state index < -0.39 is 5.91 Å². The molecule has 3 aromatic rings. The lowest BCUT2D eigenvalue weighted by Gasteiger charge is -2.36. The second-order valence-electron chi connectivity index (χ2n) is 7.32. The zero-order valence-corrected chi connectivity index (χ0v) is 17.9. The van der Waals surface area contributed by atoms with Crippen LogP contribution in [0.15, 0.2) is 59.0 Å². The molecule has 0 radical (unpaired) electrons. The number of nitrogens with zero attached hydrogens (tertiary/aromatic N) is 3. The summed E-state index contributed by atoms with van der Waals surface area (Å²) < 4.78 is 5.62. The molecule has 1 aliphatic heterocycles. The van der Waals surface area contributed by atoms with Crippen LogP contribution in [-0.2, 0) is 4.79 Å². The van der Waals surface area contributed by atoms with Gasteiger partial charge in [0.2, 0.25) is 11.8 Å². The number of aryl methyl sites for hydroxylation is 1. The van der Waals surface area contributed by atoms with Gasteiger partial charge in [0.05, 0.1) is 6.54 Å². The third-order valence-electron chi connectivity index (χ3n) is 5.24. The first-order chi connectivity index (χ1) is 15.0.